The number of nitrogens with zero attached hydrogens (tertiary/aromatic N) is 3. The molecule has 0 saturated carbocycles. The summed E-state index contributed by atoms with van der Waals surface area (Å²) in [5.41, 5.74) is 1.15. The molecule has 1 aliphatic heterocycles. The first-order valence-electron chi connectivity index (χ1n) is 7.03. The van der Waals surface area contributed by atoms with E-state index in [0.29, 0.717) is 12.3 Å². The van der Waals surface area contributed by atoms with Gasteiger partial charge in [-0.25, -0.2) is 4.98 Å². The monoisotopic (exact) mass is 281 g/mol. The fraction of sp³-hybridized carbons (Fsp3) is 0.714. The minimum atomic E-state index is 0.308. The highest BCUT2D eigenvalue weighted by molar-refractivity contribution is 7.11. The number of carbonyl (C=O) groups is 1. The third kappa shape index (κ3) is 3.76. The van der Waals surface area contributed by atoms with Gasteiger partial charge in [0.1, 0.15) is 5.01 Å². The number of carbonyl (C=O) groups excluding carboxylic acids is 1. The van der Waals surface area contributed by atoms with Crippen LogP contribution >= 0.6 is 11.3 Å². The lowest BCUT2D eigenvalue weighted by Crippen LogP contribution is -2.48. The zero-order valence-electron chi connectivity index (χ0n) is 12.1. The lowest BCUT2D eigenvalue weighted by Gasteiger charge is -2.34. The Bertz CT molecular complexity index is 416. The van der Waals surface area contributed by atoms with E-state index in [4.69, 9.17) is 0 Å². The molecule has 0 atom stereocenters. The molecule has 1 saturated heterocycles. The lowest BCUT2D eigenvalue weighted by molar-refractivity contribution is -0.133. The first kappa shape index (κ1) is 14.5. The minimum absolute atomic E-state index is 0.308. The summed E-state index contributed by atoms with van der Waals surface area (Å²) in [6.07, 6.45) is 1.63. The van der Waals surface area contributed by atoms with Crippen molar-refractivity contribution in [2.75, 3.05) is 26.2 Å². The number of aryl methyl sites for hydroxylation is 2. The summed E-state index contributed by atoms with van der Waals surface area (Å²) in [6, 6.07) is 0. The van der Waals surface area contributed by atoms with Gasteiger partial charge in [0, 0.05) is 37.5 Å². The van der Waals surface area contributed by atoms with Gasteiger partial charge in [-0.05, 0) is 20.3 Å². The topological polar surface area (TPSA) is 36.4 Å². The van der Waals surface area contributed by atoms with Crippen molar-refractivity contribution in [1.29, 1.82) is 0 Å². The fourth-order valence-corrected chi connectivity index (χ4v) is 3.30. The quantitative estimate of drug-likeness (QED) is 0.849. The Morgan fingerprint density at radius 3 is 2.47 bits per heavy atom. The fourth-order valence-electron chi connectivity index (χ4n) is 2.33. The van der Waals surface area contributed by atoms with Crippen LogP contribution < -0.4 is 0 Å². The molecule has 0 unspecified atom stereocenters. The zero-order chi connectivity index (χ0) is 13.8. The van der Waals surface area contributed by atoms with Crippen LogP contribution in [0.3, 0.4) is 0 Å². The van der Waals surface area contributed by atoms with Crippen LogP contribution in [-0.4, -0.2) is 46.9 Å². The number of piperazine rings is 1. The van der Waals surface area contributed by atoms with Gasteiger partial charge in [0.05, 0.1) is 12.2 Å². The van der Waals surface area contributed by atoms with Crippen molar-refractivity contribution in [3.63, 3.8) is 0 Å². The smallest absolute Gasteiger partial charge is 0.222 e. The summed E-state index contributed by atoms with van der Waals surface area (Å²) in [4.78, 5) is 22.1. The van der Waals surface area contributed by atoms with Gasteiger partial charge in [-0.1, -0.05) is 6.92 Å². The maximum absolute atomic E-state index is 11.8. The summed E-state index contributed by atoms with van der Waals surface area (Å²) >= 11 is 1.79. The van der Waals surface area contributed by atoms with Gasteiger partial charge < -0.3 is 4.90 Å². The Morgan fingerprint density at radius 2 is 1.95 bits per heavy atom. The molecule has 1 aromatic heterocycles. The van der Waals surface area contributed by atoms with E-state index in [0.717, 1.165) is 44.8 Å². The van der Waals surface area contributed by atoms with Crippen LogP contribution in [-0.2, 0) is 11.3 Å². The molecule has 0 spiro atoms. The molecule has 5 heteroatoms. The highest BCUT2D eigenvalue weighted by Gasteiger charge is 2.21. The van der Waals surface area contributed by atoms with E-state index in [-0.39, 0.29) is 0 Å². The van der Waals surface area contributed by atoms with Crippen molar-refractivity contribution in [3.05, 3.63) is 15.6 Å². The molecule has 1 fully saturated rings. The Hall–Kier alpha value is -0.940. The van der Waals surface area contributed by atoms with Gasteiger partial charge in [0.25, 0.3) is 0 Å². The van der Waals surface area contributed by atoms with Crippen molar-refractivity contribution in [3.8, 4) is 0 Å². The lowest BCUT2D eigenvalue weighted by atomic mass is 10.2. The molecule has 19 heavy (non-hydrogen) atoms. The van der Waals surface area contributed by atoms with Gasteiger partial charge in [0.15, 0.2) is 0 Å². The number of hydrogen-bond donors (Lipinski definition) is 0. The van der Waals surface area contributed by atoms with Crippen LogP contribution in [0.5, 0.6) is 0 Å². The van der Waals surface area contributed by atoms with Crippen LogP contribution in [0.2, 0.25) is 0 Å². The summed E-state index contributed by atoms with van der Waals surface area (Å²) in [5, 5.41) is 1.20. The van der Waals surface area contributed by atoms with E-state index in [9.17, 15) is 4.79 Å². The standard InChI is InChI=1S/C14H23N3OS/c1-4-5-14(18)17-8-6-16(7-9-17)10-13-15-11(2)12(3)19-13/h4-10H2,1-3H3. The second-order valence-electron chi connectivity index (χ2n) is 5.16. The average Bonchev–Trinajstić information content (AvgIpc) is 2.69. The van der Waals surface area contributed by atoms with Crippen molar-refractivity contribution in [2.24, 2.45) is 0 Å². The summed E-state index contributed by atoms with van der Waals surface area (Å²) < 4.78 is 0. The first-order valence-corrected chi connectivity index (χ1v) is 7.85. The predicted molar refractivity (Wildman–Crippen MR) is 78.4 cm³/mol. The van der Waals surface area contributed by atoms with E-state index < -0.39 is 0 Å². The molecule has 0 N–H and O–H groups in total. The Morgan fingerprint density at radius 1 is 1.26 bits per heavy atom. The predicted octanol–water partition coefficient (Wildman–Crippen LogP) is 2.20. The van der Waals surface area contributed by atoms with Crippen molar-refractivity contribution in [2.45, 2.75) is 40.2 Å². The molecular formula is C14H23N3OS. The van der Waals surface area contributed by atoms with Crippen LogP contribution in [0, 0.1) is 13.8 Å². The van der Waals surface area contributed by atoms with Crippen LogP contribution in [0.15, 0.2) is 0 Å². The van der Waals surface area contributed by atoms with E-state index in [1.165, 1.54) is 9.88 Å². The molecule has 1 aliphatic rings. The molecule has 4 nitrogen and oxygen atoms in total. The highest BCUT2D eigenvalue weighted by atomic mass is 32.1. The number of hydrogen-bond acceptors (Lipinski definition) is 4. The Kier molecular flexibility index (Phi) is 4.93. The van der Waals surface area contributed by atoms with Crippen molar-refractivity contribution >= 4 is 17.2 Å². The summed E-state index contributed by atoms with van der Waals surface area (Å²) in [5.74, 6) is 0.308. The highest BCUT2D eigenvalue weighted by Crippen LogP contribution is 2.18. The van der Waals surface area contributed by atoms with Gasteiger partial charge in [-0.2, -0.15) is 0 Å². The Balaban J connectivity index is 1.82. The largest absolute Gasteiger partial charge is 0.340 e. The normalized spacial score (nSPS) is 16.9. The Labute approximate surface area is 119 Å². The maximum atomic E-state index is 11.8. The van der Waals surface area contributed by atoms with Gasteiger partial charge in [0.2, 0.25) is 5.91 Å². The zero-order valence-corrected chi connectivity index (χ0v) is 12.9. The summed E-state index contributed by atoms with van der Waals surface area (Å²) in [6.45, 7) is 10.8. The maximum Gasteiger partial charge on any atom is 0.222 e. The number of aromatic nitrogens is 1. The molecule has 2 heterocycles. The van der Waals surface area contributed by atoms with E-state index in [2.05, 4.69) is 30.7 Å². The molecule has 0 aromatic carbocycles. The molecule has 0 radical (unpaired) electrons. The average molecular weight is 281 g/mol. The van der Waals surface area contributed by atoms with Gasteiger partial charge in [-0.3, -0.25) is 9.69 Å². The van der Waals surface area contributed by atoms with Gasteiger partial charge in [-0.15, -0.1) is 11.3 Å². The molecular weight excluding hydrogens is 258 g/mol. The first-order chi connectivity index (χ1) is 9.10. The number of rotatable bonds is 4. The minimum Gasteiger partial charge on any atom is -0.340 e. The second kappa shape index (κ2) is 6.48. The molecule has 2 rings (SSSR count). The van der Waals surface area contributed by atoms with Crippen LogP contribution in [0.1, 0.15) is 35.3 Å². The van der Waals surface area contributed by atoms with E-state index in [1.807, 2.05) is 4.90 Å². The molecule has 1 amide bonds. The van der Waals surface area contributed by atoms with Crippen molar-refractivity contribution < 1.29 is 4.79 Å². The SMILES string of the molecule is CCCC(=O)N1CCN(Cc2nc(C)c(C)s2)CC1. The third-order valence-corrected chi connectivity index (χ3v) is 4.68. The molecule has 0 bridgehead atoms. The molecule has 106 valence electrons. The van der Waals surface area contributed by atoms with Gasteiger partial charge >= 0.3 is 0 Å². The second-order valence-corrected chi connectivity index (χ2v) is 6.44. The number of thiazole rings is 1. The van der Waals surface area contributed by atoms with Crippen molar-refractivity contribution in [1.82, 2.24) is 14.8 Å². The van der Waals surface area contributed by atoms with E-state index >= 15 is 0 Å². The third-order valence-electron chi connectivity index (χ3n) is 3.62. The van der Waals surface area contributed by atoms with Crippen LogP contribution in [0.4, 0.5) is 0 Å². The molecule has 0 aliphatic carbocycles. The summed E-state index contributed by atoms with van der Waals surface area (Å²) in [7, 11) is 0. The van der Waals surface area contributed by atoms with E-state index in [1.54, 1.807) is 11.3 Å². The van der Waals surface area contributed by atoms with Crippen LogP contribution in [0.25, 0.3) is 0 Å². The molecule has 1 aromatic rings. The number of amides is 1.